The summed E-state index contributed by atoms with van der Waals surface area (Å²) >= 11 is 0. The molecule has 1 aromatic carbocycles. The van der Waals surface area contributed by atoms with Gasteiger partial charge in [0.15, 0.2) is 5.75 Å². The second kappa shape index (κ2) is 4.95. The lowest BCUT2D eigenvalue weighted by Crippen LogP contribution is -2.00. The van der Waals surface area contributed by atoms with Crippen LogP contribution in [-0.2, 0) is 5.11 Å². The van der Waals surface area contributed by atoms with Gasteiger partial charge in [0.1, 0.15) is 0 Å². The molecule has 97 valence electrons. The molecular formula is C17H23O. The predicted molar refractivity (Wildman–Crippen MR) is 73.7 cm³/mol. The Labute approximate surface area is 110 Å². The molecule has 2 fully saturated rings. The van der Waals surface area contributed by atoms with Crippen molar-refractivity contribution in [3.63, 3.8) is 0 Å². The highest BCUT2D eigenvalue weighted by atomic mass is 16.3. The van der Waals surface area contributed by atoms with E-state index in [4.69, 9.17) is 0 Å². The SMILES string of the molecule is Cc1cc([O])c(C2CCCC2)cc1C1CCCC1. The number of hydrogen-bond donors (Lipinski definition) is 0. The van der Waals surface area contributed by atoms with E-state index in [1.807, 2.05) is 6.07 Å². The van der Waals surface area contributed by atoms with E-state index in [2.05, 4.69) is 13.0 Å². The summed E-state index contributed by atoms with van der Waals surface area (Å²) in [4.78, 5) is 0. The third-order valence-electron chi connectivity index (χ3n) is 4.99. The molecule has 0 saturated heterocycles. The third-order valence-corrected chi connectivity index (χ3v) is 4.99. The normalized spacial score (nSPS) is 21.8. The molecule has 2 aliphatic rings. The predicted octanol–water partition coefficient (Wildman–Crippen LogP) is 5.45. The van der Waals surface area contributed by atoms with Crippen LogP contribution in [-0.4, -0.2) is 0 Å². The summed E-state index contributed by atoms with van der Waals surface area (Å²) in [7, 11) is 0. The molecule has 0 atom stereocenters. The summed E-state index contributed by atoms with van der Waals surface area (Å²) in [5.74, 6) is 1.57. The van der Waals surface area contributed by atoms with E-state index < -0.39 is 0 Å². The Kier molecular flexibility index (Phi) is 3.32. The van der Waals surface area contributed by atoms with E-state index in [1.165, 1.54) is 62.5 Å². The quantitative estimate of drug-likeness (QED) is 0.658. The Morgan fingerprint density at radius 3 is 1.89 bits per heavy atom. The molecule has 0 spiro atoms. The van der Waals surface area contributed by atoms with Gasteiger partial charge < -0.3 is 0 Å². The fourth-order valence-corrected chi connectivity index (χ4v) is 3.95. The Morgan fingerprint density at radius 2 is 1.33 bits per heavy atom. The fraction of sp³-hybridized carbons (Fsp3) is 0.647. The lowest BCUT2D eigenvalue weighted by Gasteiger charge is -2.18. The van der Waals surface area contributed by atoms with Crippen molar-refractivity contribution in [1.29, 1.82) is 0 Å². The van der Waals surface area contributed by atoms with Gasteiger partial charge in [0.2, 0.25) is 0 Å². The Balaban J connectivity index is 1.95. The molecule has 0 N–H and O–H groups in total. The highest BCUT2D eigenvalue weighted by molar-refractivity contribution is 5.45. The van der Waals surface area contributed by atoms with Crippen LogP contribution in [0.15, 0.2) is 12.1 Å². The van der Waals surface area contributed by atoms with E-state index in [9.17, 15) is 5.11 Å². The maximum absolute atomic E-state index is 12.2. The number of aryl methyl sites for hydroxylation is 1. The highest BCUT2D eigenvalue weighted by Crippen LogP contribution is 2.43. The fourth-order valence-electron chi connectivity index (χ4n) is 3.95. The molecule has 18 heavy (non-hydrogen) atoms. The first kappa shape index (κ1) is 12.1. The van der Waals surface area contributed by atoms with Gasteiger partial charge in [0.05, 0.1) is 0 Å². The number of hydrogen-bond acceptors (Lipinski definition) is 0. The molecule has 2 aliphatic carbocycles. The summed E-state index contributed by atoms with van der Waals surface area (Å²) < 4.78 is 0. The first-order valence-corrected chi connectivity index (χ1v) is 7.57. The van der Waals surface area contributed by atoms with Crippen LogP contribution in [0.4, 0.5) is 0 Å². The highest BCUT2D eigenvalue weighted by Gasteiger charge is 2.25. The Morgan fingerprint density at radius 1 is 0.833 bits per heavy atom. The van der Waals surface area contributed by atoms with Crippen LogP contribution < -0.4 is 0 Å². The molecule has 1 radical (unpaired) electrons. The molecule has 0 amide bonds. The first-order chi connectivity index (χ1) is 8.75. The van der Waals surface area contributed by atoms with E-state index in [1.54, 1.807) is 0 Å². The van der Waals surface area contributed by atoms with Crippen molar-refractivity contribution in [3.05, 3.63) is 28.8 Å². The van der Waals surface area contributed by atoms with Crippen LogP contribution in [0.5, 0.6) is 5.75 Å². The van der Waals surface area contributed by atoms with Gasteiger partial charge in [-0.2, -0.15) is 0 Å². The lowest BCUT2D eigenvalue weighted by molar-refractivity contribution is 0.346. The molecule has 0 aliphatic heterocycles. The molecule has 3 rings (SSSR count). The minimum Gasteiger partial charge on any atom is -0.290 e. The number of benzene rings is 1. The van der Waals surface area contributed by atoms with Crippen molar-refractivity contribution in [2.45, 2.75) is 70.1 Å². The lowest BCUT2D eigenvalue weighted by atomic mass is 9.87. The van der Waals surface area contributed by atoms with Crippen LogP contribution in [0, 0.1) is 6.92 Å². The monoisotopic (exact) mass is 243 g/mol. The molecule has 0 unspecified atom stereocenters. The molecule has 1 aromatic rings. The van der Waals surface area contributed by atoms with Crippen LogP contribution in [0.2, 0.25) is 0 Å². The smallest absolute Gasteiger partial charge is 0.182 e. The third kappa shape index (κ3) is 2.15. The van der Waals surface area contributed by atoms with Gasteiger partial charge in [-0.15, -0.1) is 0 Å². The largest absolute Gasteiger partial charge is 0.290 e. The molecule has 1 nitrogen and oxygen atoms in total. The second-order valence-electron chi connectivity index (χ2n) is 6.21. The topological polar surface area (TPSA) is 19.9 Å². The minimum atomic E-state index is 0.293. The zero-order valence-corrected chi connectivity index (χ0v) is 11.4. The van der Waals surface area contributed by atoms with Gasteiger partial charge in [0, 0.05) is 5.56 Å². The van der Waals surface area contributed by atoms with Crippen LogP contribution in [0.25, 0.3) is 0 Å². The zero-order chi connectivity index (χ0) is 12.5. The molecule has 0 heterocycles. The summed E-state index contributed by atoms with van der Waals surface area (Å²) in [5, 5.41) is 12.2. The molecule has 1 heteroatoms. The standard InChI is InChI=1S/C17H23O/c1-12-10-17(18)16(14-8-4-5-9-14)11-15(12)13-6-2-3-7-13/h10-11,13-14H,2-9H2,1H3. The number of rotatable bonds is 2. The van der Waals surface area contributed by atoms with E-state index in [0.29, 0.717) is 11.7 Å². The van der Waals surface area contributed by atoms with Crippen molar-refractivity contribution in [2.24, 2.45) is 0 Å². The Bertz CT molecular complexity index is 386. The van der Waals surface area contributed by atoms with Crippen molar-refractivity contribution in [1.82, 2.24) is 0 Å². The van der Waals surface area contributed by atoms with Gasteiger partial charge in [0.25, 0.3) is 0 Å². The van der Waals surface area contributed by atoms with Crippen molar-refractivity contribution in [3.8, 4) is 5.75 Å². The van der Waals surface area contributed by atoms with Gasteiger partial charge in [-0.25, -0.2) is 0 Å². The van der Waals surface area contributed by atoms with Gasteiger partial charge in [-0.3, -0.25) is 5.11 Å². The molecular weight excluding hydrogens is 220 g/mol. The van der Waals surface area contributed by atoms with E-state index in [0.717, 1.165) is 11.5 Å². The second-order valence-corrected chi connectivity index (χ2v) is 6.21. The van der Waals surface area contributed by atoms with Crippen LogP contribution in [0.1, 0.15) is 79.9 Å². The van der Waals surface area contributed by atoms with E-state index in [-0.39, 0.29) is 0 Å². The summed E-state index contributed by atoms with van der Waals surface area (Å²) in [6.07, 6.45) is 10.4. The maximum atomic E-state index is 12.2. The van der Waals surface area contributed by atoms with Crippen LogP contribution in [0.3, 0.4) is 0 Å². The summed E-state index contributed by atoms with van der Waals surface area (Å²) in [6, 6.07) is 4.19. The molecule has 0 aromatic heterocycles. The van der Waals surface area contributed by atoms with Gasteiger partial charge in [-0.05, 0) is 61.6 Å². The first-order valence-electron chi connectivity index (χ1n) is 7.57. The Hall–Kier alpha value is -0.980. The summed E-state index contributed by atoms with van der Waals surface area (Å²) in [5.41, 5.74) is 3.84. The average molecular weight is 243 g/mol. The van der Waals surface area contributed by atoms with Gasteiger partial charge >= 0.3 is 0 Å². The molecule has 0 bridgehead atoms. The van der Waals surface area contributed by atoms with Crippen molar-refractivity contribution in [2.75, 3.05) is 0 Å². The zero-order valence-electron chi connectivity index (χ0n) is 11.4. The minimum absolute atomic E-state index is 0.293. The molecule has 2 saturated carbocycles. The van der Waals surface area contributed by atoms with Crippen molar-refractivity contribution >= 4 is 0 Å². The van der Waals surface area contributed by atoms with Crippen LogP contribution >= 0.6 is 0 Å². The van der Waals surface area contributed by atoms with E-state index >= 15 is 0 Å². The van der Waals surface area contributed by atoms with Gasteiger partial charge in [-0.1, -0.05) is 31.7 Å². The van der Waals surface area contributed by atoms with Crippen molar-refractivity contribution < 1.29 is 5.11 Å². The average Bonchev–Trinajstić information content (AvgIpc) is 3.01. The maximum Gasteiger partial charge on any atom is 0.182 e. The summed E-state index contributed by atoms with van der Waals surface area (Å²) in [6.45, 7) is 2.12.